The third-order valence-electron chi connectivity index (χ3n) is 2.90. The van der Waals surface area contributed by atoms with Crippen molar-refractivity contribution >= 4 is 5.91 Å². The molecule has 1 aromatic rings. The summed E-state index contributed by atoms with van der Waals surface area (Å²) in [5.74, 6) is 0.0374. The van der Waals surface area contributed by atoms with Crippen LogP contribution < -0.4 is 5.32 Å². The number of phenols is 1. The Bertz CT molecular complexity index is 391. The highest BCUT2D eigenvalue weighted by atomic mass is 16.3. The molecule has 0 bridgehead atoms. The Morgan fingerprint density at radius 2 is 2.13 bits per heavy atom. The van der Waals surface area contributed by atoms with Crippen LogP contribution in [-0.2, 0) is 10.2 Å². The highest BCUT2D eigenvalue weighted by Gasteiger charge is 2.41. The maximum Gasteiger partial charge on any atom is 0.221 e. The number of para-hydroxylation sites is 1. The number of benzene rings is 1. The van der Waals surface area contributed by atoms with Gasteiger partial charge in [0.25, 0.3) is 0 Å². The Morgan fingerprint density at radius 3 is 2.67 bits per heavy atom. The van der Waals surface area contributed by atoms with Gasteiger partial charge in [-0.1, -0.05) is 18.2 Å². The lowest BCUT2D eigenvalue weighted by Crippen LogP contribution is -2.33. The van der Waals surface area contributed by atoms with Gasteiger partial charge >= 0.3 is 0 Å². The number of phenolic OH excluding ortho intramolecular Hbond substituents is 1. The number of amides is 1. The summed E-state index contributed by atoms with van der Waals surface area (Å²) in [5.41, 5.74) is -0.0338. The van der Waals surface area contributed by atoms with Gasteiger partial charge in [0.2, 0.25) is 5.91 Å². The minimum Gasteiger partial charge on any atom is -0.508 e. The van der Waals surface area contributed by atoms with Crippen LogP contribution in [0.3, 0.4) is 0 Å². The van der Waals surface area contributed by atoms with Crippen LogP contribution in [0.2, 0.25) is 0 Å². The third-order valence-corrected chi connectivity index (χ3v) is 2.90. The van der Waals surface area contributed by atoms with Crippen LogP contribution in [0.5, 0.6) is 5.75 Å². The predicted molar refractivity (Wildman–Crippen MR) is 54.5 cm³/mol. The number of hydrogen-bond donors (Lipinski definition) is 3. The van der Waals surface area contributed by atoms with Gasteiger partial charge in [-0.15, -0.1) is 0 Å². The number of carbonyl (C=O) groups is 1. The lowest BCUT2D eigenvalue weighted by atomic mass is 9.80. The maximum absolute atomic E-state index is 11.2. The van der Waals surface area contributed by atoms with E-state index in [4.69, 9.17) is 0 Å². The summed E-state index contributed by atoms with van der Waals surface area (Å²) in [6, 6.07) is 6.81. The van der Waals surface area contributed by atoms with Gasteiger partial charge in [0.15, 0.2) is 0 Å². The standard InChI is InChI=1S/C11H13NO3/c13-7-11(5-10(15)12-6-11)8-3-1-2-4-9(8)14/h1-4,13-14H,5-7H2,(H,12,15). The Kier molecular flexibility index (Phi) is 2.36. The van der Waals surface area contributed by atoms with Crippen molar-refractivity contribution in [1.29, 1.82) is 0 Å². The van der Waals surface area contributed by atoms with E-state index in [1.807, 2.05) is 0 Å². The molecule has 0 saturated carbocycles. The molecule has 2 rings (SSSR count). The van der Waals surface area contributed by atoms with Gasteiger partial charge in [0.1, 0.15) is 5.75 Å². The fourth-order valence-corrected chi connectivity index (χ4v) is 2.01. The number of hydrogen-bond acceptors (Lipinski definition) is 3. The van der Waals surface area contributed by atoms with Crippen molar-refractivity contribution in [1.82, 2.24) is 5.32 Å². The minimum atomic E-state index is -0.664. The molecule has 4 nitrogen and oxygen atoms in total. The molecule has 1 heterocycles. The number of aliphatic hydroxyl groups is 1. The maximum atomic E-state index is 11.2. The summed E-state index contributed by atoms with van der Waals surface area (Å²) in [4.78, 5) is 11.2. The number of aliphatic hydroxyl groups excluding tert-OH is 1. The van der Waals surface area contributed by atoms with Gasteiger partial charge in [-0.2, -0.15) is 0 Å². The highest BCUT2D eigenvalue weighted by molar-refractivity contribution is 5.81. The van der Waals surface area contributed by atoms with Gasteiger partial charge < -0.3 is 15.5 Å². The van der Waals surface area contributed by atoms with Gasteiger partial charge in [0.05, 0.1) is 6.61 Å². The molecule has 1 aliphatic rings. The summed E-state index contributed by atoms with van der Waals surface area (Å²) >= 11 is 0. The van der Waals surface area contributed by atoms with Crippen molar-refractivity contribution < 1.29 is 15.0 Å². The monoisotopic (exact) mass is 207 g/mol. The molecule has 4 heteroatoms. The summed E-state index contributed by atoms with van der Waals surface area (Å²) in [6.45, 7) is 0.225. The molecule has 1 amide bonds. The smallest absolute Gasteiger partial charge is 0.221 e. The molecule has 0 aliphatic carbocycles. The summed E-state index contributed by atoms with van der Waals surface area (Å²) in [7, 11) is 0. The molecule has 1 unspecified atom stereocenters. The molecule has 1 atom stereocenters. The molecule has 1 saturated heterocycles. The Labute approximate surface area is 87.6 Å². The SMILES string of the molecule is O=C1CC(CO)(c2ccccc2O)CN1. The first-order valence-corrected chi connectivity index (χ1v) is 4.84. The molecular formula is C11H13NO3. The topological polar surface area (TPSA) is 69.6 Å². The molecule has 15 heavy (non-hydrogen) atoms. The van der Waals surface area contributed by atoms with E-state index in [-0.39, 0.29) is 24.7 Å². The second-order valence-electron chi connectivity index (χ2n) is 3.91. The average Bonchev–Trinajstić information content (AvgIpc) is 2.62. The lowest BCUT2D eigenvalue weighted by molar-refractivity contribution is -0.119. The van der Waals surface area contributed by atoms with Crippen molar-refractivity contribution in [3.63, 3.8) is 0 Å². The molecule has 1 fully saturated rings. The normalized spacial score (nSPS) is 25.3. The fourth-order valence-electron chi connectivity index (χ4n) is 2.01. The number of rotatable bonds is 2. The van der Waals surface area contributed by atoms with Crippen molar-refractivity contribution in [2.24, 2.45) is 0 Å². The van der Waals surface area contributed by atoms with Crippen LogP contribution in [0.15, 0.2) is 24.3 Å². The summed E-state index contributed by atoms with van der Waals surface area (Å²) in [6.07, 6.45) is 0.223. The molecule has 0 spiro atoms. The van der Waals surface area contributed by atoms with E-state index in [1.165, 1.54) is 0 Å². The average molecular weight is 207 g/mol. The molecular weight excluding hydrogens is 194 g/mol. The molecule has 1 aliphatic heterocycles. The van der Waals surface area contributed by atoms with E-state index in [0.29, 0.717) is 12.1 Å². The number of aromatic hydroxyl groups is 1. The fraction of sp³-hybridized carbons (Fsp3) is 0.364. The van der Waals surface area contributed by atoms with Gasteiger partial charge in [0, 0.05) is 23.9 Å². The first-order chi connectivity index (χ1) is 7.18. The lowest BCUT2D eigenvalue weighted by Gasteiger charge is -2.25. The van der Waals surface area contributed by atoms with Crippen molar-refractivity contribution in [2.75, 3.05) is 13.2 Å². The second-order valence-corrected chi connectivity index (χ2v) is 3.91. The Morgan fingerprint density at radius 1 is 1.40 bits per heavy atom. The first-order valence-electron chi connectivity index (χ1n) is 4.84. The summed E-state index contributed by atoms with van der Waals surface area (Å²) in [5, 5.41) is 21.8. The van der Waals surface area contributed by atoms with E-state index in [1.54, 1.807) is 24.3 Å². The van der Waals surface area contributed by atoms with E-state index in [0.717, 1.165) is 0 Å². The molecule has 1 aromatic carbocycles. The van der Waals surface area contributed by atoms with Crippen LogP contribution in [0, 0.1) is 0 Å². The third kappa shape index (κ3) is 1.57. The zero-order chi connectivity index (χ0) is 10.9. The molecule has 0 radical (unpaired) electrons. The second kappa shape index (κ2) is 3.55. The van der Waals surface area contributed by atoms with E-state index in [9.17, 15) is 15.0 Å². The zero-order valence-electron chi connectivity index (χ0n) is 8.23. The number of carbonyl (C=O) groups excluding carboxylic acids is 1. The first kappa shape index (κ1) is 9.98. The van der Waals surface area contributed by atoms with Crippen LogP contribution >= 0.6 is 0 Å². The van der Waals surface area contributed by atoms with Gasteiger partial charge in [-0.05, 0) is 6.07 Å². The predicted octanol–water partition coefficient (Wildman–Crippen LogP) is 0.142. The molecule has 0 aromatic heterocycles. The van der Waals surface area contributed by atoms with Crippen LogP contribution in [-0.4, -0.2) is 29.3 Å². The van der Waals surface area contributed by atoms with Gasteiger partial charge in [-0.25, -0.2) is 0 Å². The largest absolute Gasteiger partial charge is 0.508 e. The molecule has 80 valence electrons. The van der Waals surface area contributed by atoms with Crippen molar-refractivity contribution in [3.05, 3.63) is 29.8 Å². The van der Waals surface area contributed by atoms with Crippen LogP contribution in [0.1, 0.15) is 12.0 Å². The van der Waals surface area contributed by atoms with E-state index in [2.05, 4.69) is 5.32 Å². The van der Waals surface area contributed by atoms with Gasteiger partial charge in [-0.3, -0.25) is 4.79 Å². The Hall–Kier alpha value is -1.55. The van der Waals surface area contributed by atoms with Crippen LogP contribution in [0.4, 0.5) is 0 Å². The highest BCUT2D eigenvalue weighted by Crippen LogP contribution is 2.35. The minimum absolute atomic E-state index is 0.0905. The number of nitrogens with one attached hydrogen (secondary N) is 1. The molecule has 3 N–H and O–H groups in total. The Balaban J connectivity index is 2.43. The van der Waals surface area contributed by atoms with Crippen LogP contribution in [0.25, 0.3) is 0 Å². The van der Waals surface area contributed by atoms with E-state index < -0.39 is 5.41 Å². The van der Waals surface area contributed by atoms with Crippen molar-refractivity contribution in [2.45, 2.75) is 11.8 Å². The van der Waals surface area contributed by atoms with Crippen molar-refractivity contribution in [3.8, 4) is 5.75 Å². The quantitative estimate of drug-likeness (QED) is 0.646. The zero-order valence-corrected chi connectivity index (χ0v) is 8.23. The van der Waals surface area contributed by atoms with E-state index >= 15 is 0 Å². The summed E-state index contributed by atoms with van der Waals surface area (Å²) < 4.78 is 0.